The first-order chi connectivity index (χ1) is 8.83. The van der Waals surface area contributed by atoms with Gasteiger partial charge in [-0.15, -0.1) is 0 Å². The number of nitrogens with zero attached hydrogens (tertiary/aromatic N) is 2. The van der Waals surface area contributed by atoms with Crippen LogP contribution in [0.1, 0.15) is 17.0 Å². The lowest BCUT2D eigenvalue weighted by Gasteiger charge is -1.94. The minimum absolute atomic E-state index is 0.726. The molecule has 0 radical (unpaired) electrons. The van der Waals surface area contributed by atoms with Gasteiger partial charge in [0.1, 0.15) is 0 Å². The van der Waals surface area contributed by atoms with Gasteiger partial charge in [0, 0.05) is 5.39 Å². The Morgan fingerprint density at radius 1 is 1.11 bits per heavy atom. The first-order valence-corrected chi connectivity index (χ1v) is 5.78. The lowest BCUT2D eigenvalue weighted by atomic mass is 10.2. The second-order valence-electron chi connectivity index (χ2n) is 4.12. The van der Waals surface area contributed by atoms with Crippen molar-refractivity contribution in [3.05, 3.63) is 59.5 Å². The molecule has 0 spiro atoms. The van der Waals surface area contributed by atoms with Crippen LogP contribution in [0, 0.1) is 6.92 Å². The minimum Gasteiger partial charge on any atom is -0.354 e. The van der Waals surface area contributed by atoms with E-state index in [4.69, 9.17) is 4.52 Å². The molecule has 3 rings (SSSR count). The second-order valence-corrected chi connectivity index (χ2v) is 4.12. The standard InChI is InChI=1S/C15H12N2O/c1-11-14-9-13(16-10-15(14)18-17-11)8-7-12-5-3-2-4-6-12/h2-10H,1H3/b8-7+. The third-order valence-corrected chi connectivity index (χ3v) is 2.81. The Kier molecular flexibility index (Phi) is 2.65. The number of benzene rings is 1. The molecule has 18 heavy (non-hydrogen) atoms. The summed E-state index contributed by atoms with van der Waals surface area (Å²) in [5.74, 6) is 0. The van der Waals surface area contributed by atoms with Crippen molar-refractivity contribution in [1.82, 2.24) is 10.1 Å². The summed E-state index contributed by atoms with van der Waals surface area (Å²) < 4.78 is 5.13. The Balaban J connectivity index is 1.95. The predicted octanol–water partition coefficient (Wildman–Crippen LogP) is 3.70. The molecule has 1 aromatic carbocycles. The predicted molar refractivity (Wildman–Crippen MR) is 71.9 cm³/mol. The zero-order chi connectivity index (χ0) is 12.4. The Bertz CT molecular complexity index is 699. The molecule has 3 nitrogen and oxygen atoms in total. The van der Waals surface area contributed by atoms with Crippen molar-refractivity contribution >= 4 is 23.1 Å². The van der Waals surface area contributed by atoms with Gasteiger partial charge in [0.2, 0.25) is 0 Å². The average Bonchev–Trinajstić information content (AvgIpc) is 2.79. The molecule has 0 aliphatic carbocycles. The van der Waals surface area contributed by atoms with Crippen LogP contribution in [-0.2, 0) is 0 Å². The van der Waals surface area contributed by atoms with E-state index in [-0.39, 0.29) is 0 Å². The highest BCUT2D eigenvalue weighted by atomic mass is 16.5. The van der Waals surface area contributed by atoms with Crippen LogP contribution < -0.4 is 0 Å². The molecule has 0 saturated carbocycles. The average molecular weight is 236 g/mol. The molecule has 2 aromatic heterocycles. The van der Waals surface area contributed by atoms with Crippen molar-refractivity contribution in [2.24, 2.45) is 0 Å². The Morgan fingerprint density at radius 2 is 1.94 bits per heavy atom. The first kappa shape index (κ1) is 10.7. The Hall–Kier alpha value is -2.42. The van der Waals surface area contributed by atoms with Crippen molar-refractivity contribution in [3.63, 3.8) is 0 Å². The highest BCUT2D eigenvalue weighted by molar-refractivity contribution is 5.81. The zero-order valence-electron chi connectivity index (χ0n) is 10.00. The molecule has 0 N–H and O–H groups in total. The maximum atomic E-state index is 5.13. The fraction of sp³-hybridized carbons (Fsp3) is 0.0667. The summed E-state index contributed by atoms with van der Waals surface area (Å²) in [6, 6.07) is 12.1. The summed E-state index contributed by atoms with van der Waals surface area (Å²) in [6.07, 6.45) is 5.73. The van der Waals surface area contributed by atoms with E-state index in [9.17, 15) is 0 Å². The van der Waals surface area contributed by atoms with Crippen LogP contribution >= 0.6 is 0 Å². The van der Waals surface area contributed by atoms with Crippen LogP contribution in [0.5, 0.6) is 0 Å². The summed E-state index contributed by atoms with van der Waals surface area (Å²) in [6.45, 7) is 1.93. The third-order valence-electron chi connectivity index (χ3n) is 2.81. The summed E-state index contributed by atoms with van der Waals surface area (Å²) in [5, 5.41) is 4.93. The molecule has 0 fully saturated rings. The SMILES string of the molecule is Cc1noc2cnc(/C=C/c3ccccc3)cc12. The van der Waals surface area contributed by atoms with E-state index >= 15 is 0 Å². The maximum Gasteiger partial charge on any atom is 0.185 e. The molecule has 0 aliphatic heterocycles. The quantitative estimate of drug-likeness (QED) is 0.681. The Morgan fingerprint density at radius 3 is 2.78 bits per heavy atom. The normalized spacial score (nSPS) is 11.4. The molecule has 0 aliphatic rings. The van der Waals surface area contributed by atoms with E-state index in [1.807, 2.05) is 43.3 Å². The molecule has 0 unspecified atom stereocenters. The molecule has 3 heteroatoms. The molecule has 2 heterocycles. The van der Waals surface area contributed by atoms with Crippen molar-refractivity contribution in [3.8, 4) is 0 Å². The maximum absolute atomic E-state index is 5.13. The highest BCUT2D eigenvalue weighted by Crippen LogP contribution is 2.18. The summed E-state index contributed by atoms with van der Waals surface area (Å²) >= 11 is 0. The van der Waals surface area contributed by atoms with Gasteiger partial charge in [0.25, 0.3) is 0 Å². The highest BCUT2D eigenvalue weighted by Gasteiger charge is 2.04. The topological polar surface area (TPSA) is 38.9 Å². The lowest BCUT2D eigenvalue weighted by Crippen LogP contribution is -1.80. The molecular weight excluding hydrogens is 224 g/mol. The Labute approximate surface area is 105 Å². The smallest absolute Gasteiger partial charge is 0.185 e. The number of hydrogen-bond donors (Lipinski definition) is 0. The molecule has 0 saturated heterocycles. The van der Waals surface area contributed by atoms with E-state index in [2.05, 4.69) is 22.3 Å². The van der Waals surface area contributed by atoms with Crippen molar-refractivity contribution in [2.45, 2.75) is 6.92 Å². The molecule has 0 atom stereocenters. The molecule has 0 bridgehead atoms. The summed E-state index contributed by atoms with van der Waals surface area (Å²) in [5.41, 5.74) is 3.67. The molecular formula is C15H12N2O. The zero-order valence-corrected chi connectivity index (χ0v) is 10.00. The van der Waals surface area contributed by atoms with Crippen LogP contribution in [0.2, 0.25) is 0 Å². The van der Waals surface area contributed by atoms with Gasteiger partial charge in [-0.3, -0.25) is 4.98 Å². The lowest BCUT2D eigenvalue weighted by molar-refractivity contribution is 0.449. The largest absolute Gasteiger partial charge is 0.354 e. The van der Waals surface area contributed by atoms with Crippen LogP contribution in [0.4, 0.5) is 0 Å². The number of aryl methyl sites for hydroxylation is 1. The van der Waals surface area contributed by atoms with Gasteiger partial charge in [-0.25, -0.2) is 0 Å². The van der Waals surface area contributed by atoms with Gasteiger partial charge < -0.3 is 4.52 Å². The van der Waals surface area contributed by atoms with Crippen LogP contribution in [0.25, 0.3) is 23.1 Å². The summed E-state index contributed by atoms with van der Waals surface area (Å²) in [7, 11) is 0. The summed E-state index contributed by atoms with van der Waals surface area (Å²) in [4.78, 5) is 4.31. The van der Waals surface area contributed by atoms with E-state index in [1.54, 1.807) is 6.20 Å². The molecule has 88 valence electrons. The van der Waals surface area contributed by atoms with E-state index < -0.39 is 0 Å². The van der Waals surface area contributed by atoms with Crippen molar-refractivity contribution in [2.75, 3.05) is 0 Å². The number of aromatic nitrogens is 2. The van der Waals surface area contributed by atoms with Gasteiger partial charge >= 0.3 is 0 Å². The fourth-order valence-electron chi connectivity index (χ4n) is 1.82. The monoisotopic (exact) mass is 236 g/mol. The van der Waals surface area contributed by atoms with Gasteiger partial charge in [-0.05, 0) is 24.6 Å². The van der Waals surface area contributed by atoms with Crippen LogP contribution in [0.3, 0.4) is 0 Å². The van der Waals surface area contributed by atoms with E-state index in [0.717, 1.165) is 27.9 Å². The number of hydrogen-bond acceptors (Lipinski definition) is 3. The van der Waals surface area contributed by atoms with Gasteiger partial charge in [-0.2, -0.15) is 0 Å². The molecule has 3 aromatic rings. The van der Waals surface area contributed by atoms with Gasteiger partial charge in [0.05, 0.1) is 17.6 Å². The van der Waals surface area contributed by atoms with Crippen molar-refractivity contribution in [1.29, 1.82) is 0 Å². The van der Waals surface area contributed by atoms with E-state index in [0.29, 0.717) is 0 Å². The van der Waals surface area contributed by atoms with Crippen LogP contribution in [-0.4, -0.2) is 10.1 Å². The van der Waals surface area contributed by atoms with Gasteiger partial charge in [-0.1, -0.05) is 41.6 Å². The van der Waals surface area contributed by atoms with Crippen molar-refractivity contribution < 1.29 is 4.52 Å². The van der Waals surface area contributed by atoms with Gasteiger partial charge in [0.15, 0.2) is 5.58 Å². The van der Waals surface area contributed by atoms with E-state index in [1.165, 1.54) is 0 Å². The minimum atomic E-state index is 0.726. The molecule has 0 amide bonds. The first-order valence-electron chi connectivity index (χ1n) is 5.78. The third kappa shape index (κ3) is 2.02. The fourth-order valence-corrected chi connectivity index (χ4v) is 1.82. The number of rotatable bonds is 2. The van der Waals surface area contributed by atoms with Crippen LogP contribution in [0.15, 0.2) is 47.1 Å². The number of pyridine rings is 1. The number of fused-ring (bicyclic) bond motifs is 1. The second kappa shape index (κ2) is 4.45.